The molecule has 0 aliphatic heterocycles. The van der Waals surface area contributed by atoms with Gasteiger partial charge in [-0.2, -0.15) is 5.10 Å². The van der Waals surface area contributed by atoms with Gasteiger partial charge in [0.2, 0.25) is 5.91 Å². The van der Waals surface area contributed by atoms with Crippen LogP contribution < -0.4 is 29.7 Å². The summed E-state index contributed by atoms with van der Waals surface area (Å²) in [6.07, 6.45) is 1.50. The third kappa shape index (κ3) is 7.95. The second kappa shape index (κ2) is 13.6. The van der Waals surface area contributed by atoms with Crippen molar-refractivity contribution in [3.8, 4) is 23.0 Å². The maximum Gasteiger partial charge on any atom is 0.262 e. The lowest BCUT2D eigenvalue weighted by atomic mass is 10.2. The molecule has 3 aromatic carbocycles. The Balaban J connectivity index is 1.48. The van der Waals surface area contributed by atoms with Gasteiger partial charge >= 0.3 is 0 Å². The molecule has 0 aliphatic carbocycles. The van der Waals surface area contributed by atoms with Crippen molar-refractivity contribution in [2.24, 2.45) is 5.10 Å². The summed E-state index contributed by atoms with van der Waals surface area (Å²) in [6, 6.07) is 19.6. The van der Waals surface area contributed by atoms with E-state index in [-0.39, 0.29) is 24.2 Å². The van der Waals surface area contributed by atoms with Crippen LogP contribution >= 0.6 is 11.8 Å². The molecule has 2 amide bonds. The fourth-order valence-corrected chi connectivity index (χ4v) is 3.68. The number of para-hydroxylation sites is 2. The number of nitrogens with zero attached hydrogens (tertiary/aromatic N) is 1. The fraction of sp³-hybridized carbons (Fsp3) is 0.192. The number of methoxy groups -OCH3 is 3. The third-order valence-corrected chi connectivity index (χ3v) is 5.77. The molecule has 0 saturated heterocycles. The van der Waals surface area contributed by atoms with E-state index < -0.39 is 0 Å². The minimum atomic E-state index is -0.345. The molecule has 0 radical (unpaired) electrons. The summed E-state index contributed by atoms with van der Waals surface area (Å²) in [5, 5.41) is 6.74. The number of hydrazone groups is 1. The van der Waals surface area contributed by atoms with Crippen LogP contribution in [0.5, 0.6) is 23.0 Å². The van der Waals surface area contributed by atoms with Crippen molar-refractivity contribution < 1.29 is 28.5 Å². The largest absolute Gasteiger partial charge is 0.497 e. The van der Waals surface area contributed by atoms with E-state index in [1.165, 1.54) is 32.2 Å². The highest BCUT2D eigenvalue weighted by Gasteiger charge is 2.11. The van der Waals surface area contributed by atoms with Gasteiger partial charge in [-0.25, -0.2) is 5.43 Å². The number of anilines is 1. The van der Waals surface area contributed by atoms with Gasteiger partial charge in [0.25, 0.3) is 5.91 Å². The molecule has 0 unspecified atom stereocenters. The average molecular weight is 510 g/mol. The molecule has 0 bridgehead atoms. The van der Waals surface area contributed by atoms with Crippen LogP contribution in [0.15, 0.2) is 76.7 Å². The lowest BCUT2D eigenvalue weighted by Crippen LogP contribution is -2.20. The molecule has 0 aromatic heterocycles. The highest BCUT2D eigenvalue weighted by atomic mass is 32.2. The van der Waals surface area contributed by atoms with E-state index in [2.05, 4.69) is 15.8 Å². The number of hydrogen-bond donors (Lipinski definition) is 2. The molecule has 10 heteroatoms. The Morgan fingerprint density at radius 3 is 2.33 bits per heavy atom. The maximum atomic E-state index is 12.3. The van der Waals surface area contributed by atoms with Gasteiger partial charge in [0, 0.05) is 4.90 Å². The van der Waals surface area contributed by atoms with Crippen molar-refractivity contribution in [2.75, 3.05) is 39.0 Å². The quantitative estimate of drug-likeness (QED) is 0.216. The summed E-state index contributed by atoms with van der Waals surface area (Å²) in [6.45, 7) is -0.218. The molecule has 0 atom stereocenters. The Morgan fingerprint density at radius 1 is 0.861 bits per heavy atom. The van der Waals surface area contributed by atoms with E-state index in [1.54, 1.807) is 43.5 Å². The number of amides is 2. The smallest absolute Gasteiger partial charge is 0.262 e. The molecular formula is C26H27N3O6S. The first-order valence-electron chi connectivity index (χ1n) is 10.8. The Kier molecular flexibility index (Phi) is 10.0. The summed E-state index contributed by atoms with van der Waals surface area (Å²) in [7, 11) is 4.63. The average Bonchev–Trinajstić information content (AvgIpc) is 2.91. The second-order valence-corrected chi connectivity index (χ2v) is 8.25. The van der Waals surface area contributed by atoms with Crippen LogP contribution in [0.4, 0.5) is 5.69 Å². The SMILES string of the molecule is COc1ccc(SCC(=O)N/N=C/c2ccc(OCC(=O)Nc3ccccc3OC)c(OC)c2)cc1. The molecule has 36 heavy (non-hydrogen) atoms. The Labute approximate surface area is 213 Å². The van der Waals surface area contributed by atoms with Crippen LogP contribution in [0.25, 0.3) is 0 Å². The molecular weight excluding hydrogens is 482 g/mol. The normalized spacial score (nSPS) is 10.5. The molecule has 3 aromatic rings. The van der Waals surface area contributed by atoms with Gasteiger partial charge in [0.15, 0.2) is 18.1 Å². The summed E-state index contributed by atoms with van der Waals surface area (Å²) in [4.78, 5) is 25.3. The second-order valence-electron chi connectivity index (χ2n) is 7.20. The first-order chi connectivity index (χ1) is 17.5. The molecule has 0 aliphatic rings. The summed E-state index contributed by atoms with van der Waals surface area (Å²) in [5.41, 5.74) is 3.73. The Bertz CT molecular complexity index is 1200. The van der Waals surface area contributed by atoms with E-state index in [0.717, 1.165) is 10.6 Å². The van der Waals surface area contributed by atoms with Gasteiger partial charge < -0.3 is 24.3 Å². The molecule has 3 rings (SSSR count). The number of carbonyl (C=O) groups excluding carboxylic acids is 2. The predicted molar refractivity (Wildman–Crippen MR) is 140 cm³/mol. The van der Waals surface area contributed by atoms with Gasteiger partial charge in [0.05, 0.1) is 39.0 Å². The third-order valence-electron chi connectivity index (χ3n) is 4.76. The minimum absolute atomic E-state index is 0.218. The Morgan fingerprint density at radius 2 is 1.61 bits per heavy atom. The van der Waals surface area contributed by atoms with Crippen molar-refractivity contribution in [2.45, 2.75) is 4.90 Å². The zero-order valence-electron chi connectivity index (χ0n) is 20.1. The number of hydrogen-bond acceptors (Lipinski definition) is 8. The molecule has 2 N–H and O–H groups in total. The fourth-order valence-electron chi connectivity index (χ4n) is 2.99. The van der Waals surface area contributed by atoms with Crippen LogP contribution in [0.1, 0.15) is 5.56 Å². The van der Waals surface area contributed by atoms with Crippen LogP contribution in [0.2, 0.25) is 0 Å². The predicted octanol–water partition coefficient (Wildman–Crippen LogP) is 3.97. The Hall–Kier alpha value is -4.18. The maximum absolute atomic E-state index is 12.3. The number of carbonyl (C=O) groups is 2. The van der Waals surface area contributed by atoms with Crippen molar-refractivity contribution in [1.29, 1.82) is 0 Å². The summed E-state index contributed by atoms with van der Waals surface area (Å²) >= 11 is 1.39. The van der Waals surface area contributed by atoms with Crippen molar-refractivity contribution in [3.05, 3.63) is 72.3 Å². The van der Waals surface area contributed by atoms with Crippen LogP contribution in [-0.4, -0.2) is 51.7 Å². The van der Waals surface area contributed by atoms with Crippen LogP contribution in [0.3, 0.4) is 0 Å². The van der Waals surface area contributed by atoms with Gasteiger partial charge in [-0.3, -0.25) is 9.59 Å². The van der Waals surface area contributed by atoms with E-state index in [9.17, 15) is 9.59 Å². The van der Waals surface area contributed by atoms with E-state index >= 15 is 0 Å². The first kappa shape index (κ1) is 26.4. The molecule has 9 nitrogen and oxygen atoms in total. The standard InChI is InChI=1S/C26H27N3O6S/c1-32-19-9-11-20(12-10-19)36-17-26(31)29-27-15-18-8-13-23(24(14-18)34-3)35-16-25(30)28-21-6-4-5-7-22(21)33-2/h4-15H,16-17H2,1-3H3,(H,28,30)(H,29,31)/b27-15+. The van der Waals surface area contributed by atoms with Gasteiger partial charge in [-0.15, -0.1) is 11.8 Å². The van der Waals surface area contributed by atoms with Crippen LogP contribution in [0, 0.1) is 0 Å². The molecule has 188 valence electrons. The monoisotopic (exact) mass is 509 g/mol. The number of benzene rings is 3. The molecule has 0 fully saturated rings. The number of ether oxygens (including phenoxy) is 4. The summed E-state index contributed by atoms with van der Waals surface area (Å²) < 4.78 is 21.3. The first-order valence-corrected chi connectivity index (χ1v) is 11.8. The molecule has 0 spiro atoms. The zero-order chi connectivity index (χ0) is 25.8. The molecule has 0 saturated carbocycles. The summed E-state index contributed by atoms with van der Waals surface area (Å²) in [5.74, 6) is 1.77. The number of nitrogens with one attached hydrogen (secondary N) is 2. The zero-order valence-corrected chi connectivity index (χ0v) is 21.0. The van der Waals surface area contributed by atoms with Crippen LogP contribution in [-0.2, 0) is 9.59 Å². The topological polar surface area (TPSA) is 107 Å². The van der Waals surface area contributed by atoms with E-state index in [1.807, 2.05) is 30.3 Å². The lowest BCUT2D eigenvalue weighted by molar-refractivity contribution is -0.119. The highest BCUT2D eigenvalue weighted by Crippen LogP contribution is 2.28. The molecule has 0 heterocycles. The van der Waals surface area contributed by atoms with E-state index in [0.29, 0.717) is 28.5 Å². The number of rotatable bonds is 12. The van der Waals surface area contributed by atoms with Gasteiger partial charge in [0.1, 0.15) is 11.5 Å². The van der Waals surface area contributed by atoms with E-state index in [4.69, 9.17) is 18.9 Å². The number of thioether (sulfide) groups is 1. The van der Waals surface area contributed by atoms with Gasteiger partial charge in [-0.1, -0.05) is 12.1 Å². The van der Waals surface area contributed by atoms with Crippen molar-refractivity contribution in [1.82, 2.24) is 5.43 Å². The highest BCUT2D eigenvalue weighted by molar-refractivity contribution is 8.00. The minimum Gasteiger partial charge on any atom is -0.497 e. The van der Waals surface area contributed by atoms with Crippen molar-refractivity contribution in [3.63, 3.8) is 0 Å². The lowest BCUT2D eigenvalue weighted by Gasteiger charge is -2.12. The van der Waals surface area contributed by atoms with Gasteiger partial charge in [-0.05, 0) is 60.2 Å². The van der Waals surface area contributed by atoms with Crippen molar-refractivity contribution >= 4 is 35.5 Å².